The third-order valence-electron chi connectivity index (χ3n) is 3.11. The molecule has 2 aromatic rings. The Morgan fingerprint density at radius 3 is 2.48 bits per heavy atom. The predicted octanol–water partition coefficient (Wildman–Crippen LogP) is 2.99. The van der Waals surface area contributed by atoms with Crippen LogP contribution < -0.4 is 10.6 Å². The Bertz CT molecular complexity index is 705. The quantitative estimate of drug-likeness (QED) is 0.785. The zero-order chi connectivity index (χ0) is 18.3. The number of amides is 2. The molecule has 0 radical (unpaired) electrons. The van der Waals surface area contributed by atoms with Crippen LogP contribution in [-0.4, -0.2) is 35.8 Å². The van der Waals surface area contributed by atoms with Crippen molar-refractivity contribution in [3.63, 3.8) is 0 Å². The van der Waals surface area contributed by atoms with Gasteiger partial charge in [-0.05, 0) is 27.2 Å². The number of aromatic nitrogens is 1. The van der Waals surface area contributed by atoms with Crippen LogP contribution in [0.5, 0.6) is 0 Å². The van der Waals surface area contributed by atoms with Gasteiger partial charge in [0.05, 0.1) is 0 Å². The lowest BCUT2D eigenvalue weighted by molar-refractivity contribution is 0.0527. The number of rotatable bonds is 6. The normalized spacial score (nSPS) is 11.0. The number of nitrogens with zero attached hydrogens (tertiary/aromatic N) is 1. The predicted molar refractivity (Wildman–Crippen MR) is 93.1 cm³/mol. The van der Waals surface area contributed by atoms with Gasteiger partial charge in [0.1, 0.15) is 11.3 Å². The molecule has 7 nitrogen and oxygen atoms in total. The smallest absolute Gasteiger partial charge is 0.407 e. The molecule has 0 bridgehead atoms. The van der Waals surface area contributed by atoms with Crippen molar-refractivity contribution in [2.75, 3.05) is 13.1 Å². The van der Waals surface area contributed by atoms with E-state index in [9.17, 15) is 9.59 Å². The highest BCUT2D eigenvalue weighted by Crippen LogP contribution is 2.18. The van der Waals surface area contributed by atoms with Crippen LogP contribution in [0.4, 0.5) is 4.79 Å². The zero-order valence-corrected chi connectivity index (χ0v) is 14.7. The molecule has 134 valence electrons. The molecule has 2 rings (SSSR count). The maximum Gasteiger partial charge on any atom is 0.407 e. The first-order chi connectivity index (χ1) is 11.8. The van der Waals surface area contributed by atoms with Gasteiger partial charge in [-0.2, -0.15) is 0 Å². The molecule has 0 unspecified atom stereocenters. The molecule has 0 saturated carbocycles. The Hall–Kier alpha value is -2.83. The third kappa shape index (κ3) is 6.29. The van der Waals surface area contributed by atoms with E-state index in [0.717, 1.165) is 5.56 Å². The average molecular weight is 345 g/mol. The van der Waals surface area contributed by atoms with Crippen LogP contribution in [0, 0.1) is 0 Å². The number of carbonyl (C=O) groups is 2. The molecule has 1 aromatic heterocycles. The minimum atomic E-state index is -0.527. The van der Waals surface area contributed by atoms with E-state index in [1.54, 1.807) is 26.8 Å². The van der Waals surface area contributed by atoms with Gasteiger partial charge in [-0.15, -0.1) is 0 Å². The first-order valence-electron chi connectivity index (χ1n) is 8.12. The Kier molecular flexibility index (Phi) is 6.16. The van der Waals surface area contributed by atoms with E-state index < -0.39 is 11.7 Å². The van der Waals surface area contributed by atoms with Gasteiger partial charge in [0, 0.05) is 24.7 Å². The lowest BCUT2D eigenvalue weighted by Crippen LogP contribution is -2.34. The van der Waals surface area contributed by atoms with Gasteiger partial charge >= 0.3 is 6.09 Å². The molecule has 1 aromatic carbocycles. The van der Waals surface area contributed by atoms with Crippen LogP contribution >= 0.6 is 0 Å². The van der Waals surface area contributed by atoms with Crippen molar-refractivity contribution >= 4 is 12.0 Å². The summed E-state index contributed by atoms with van der Waals surface area (Å²) in [6.45, 7) is 6.20. The Morgan fingerprint density at radius 2 is 1.80 bits per heavy atom. The van der Waals surface area contributed by atoms with E-state index in [1.807, 2.05) is 30.3 Å². The molecule has 0 saturated heterocycles. The Labute approximate surface area is 146 Å². The molecule has 0 spiro atoms. The molecule has 2 N–H and O–H groups in total. The highest BCUT2D eigenvalue weighted by atomic mass is 16.6. The van der Waals surface area contributed by atoms with E-state index in [2.05, 4.69) is 15.8 Å². The molecule has 0 aliphatic carbocycles. The van der Waals surface area contributed by atoms with Gasteiger partial charge in [-0.25, -0.2) is 4.79 Å². The van der Waals surface area contributed by atoms with Crippen LogP contribution in [0.25, 0.3) is 11.3 Å². The second-order valence-electron chi connectivity index (χ2n) is 6.48. The van der Waals surface area contributed by atoms with E-state index in [1.165, 1.54) is 0 Å². The third-order valence-corrected chi connectivity index (χ3v) is 3.11. The minimum Gasteiger partial charge on any atom is -0.444 e. The van der Waals surface area contributed by atoms with Gasteiger partial charge in [0.25, 0.3) is 5.91 Å². The average Bonchev–Trinajstić information content (AvgIpc) is 3.03. The van der Waals surface area contributed by atoms with Gasteiger partial charge in [-0.1, -0.05) is 35.5 Å². The monoisotopic (exact) mass is 345 g/mol. The first-order valence-corrected chi connectivity index (χ1v) is 8.12. The molecule has 0 atom stereocenters. The van der Waals surface area contributed by atoms with E-state index >= 15 is 0 Å². The molecule has 0 aliphatic rings. The maximum absolute atomic E-state index is 12.0. The number of hydrogen-bond acceptors (Lipinski definition) is 5. The summed E-state index contributed by atoms with van der Waals surface area (Å²) in [5.41, 5.74) is 0.963. The second kappa shape index (κ2) is 8.32. The summed E-state index contributed by atoms with van der Waals surface area (Å²) in [6.07, 6.45) is 0.103. The number of alkyl carbamates (subject to hydrolysis) is 1. The van der Waals surface area contributed by atoms with Crippen LogP contribution in [0.15, 0.2) is 40.9 Å². The van der Waals surface area contributed by atoms with Crippen molar-refractivity contribution in [1.29, 1.82) is 0 Å². The maximum atomic E-state index is 12.0. The highest BCUT2D eigenvalue weighted by molar-refractivity contribution is 5.92. The number of hydrogen-bond donors (Lipinski definition) is 2. The highest BCUT2D eigenvalue weighted by Gasteiger charge is 2.16. The van der Waals surface area contributed by atoms with Gasteiger partial charge in [0.15, 0.2) is 0 Å². The van der Waals surface area contributed by atoms with Crippen molar-refractivity contribution in [3.05, 3.63) is 42.2 Å². The molecule has 1 heterocycles. The number of carbonyl (C=O) groups excluding carboxylic acids is 2. The lowest BCUT2D eigenvalue weighted by atomic mass is 10.1. The zero-order valence-electron chi connectivity index (χ0n) is 14.7. The summed E-state index contributed by atoms with van der Waals surface area (Å²) >= 11 is 0. The Balaban J connectivity index is 1.71. The van der Waals surface area contributed by atoms with Crippen molar-refractivity contribution in [3.8, 4) is 11.3 Å². The van der Waals surface area contributed by atoms with Crippen molar-refractivity contribution in [2.24, 2.45) is 0 Å². The van der Waals surface area contributed by atoms with E-state index in [-0.39, 0.29) is 11.7 Å². The summed E-state index contributed by atoms with van der Waals surface area (Å²) in [6, 6.07) is 11.1. The SMILES string of the molecule is CC(C)(C)OC(=O)NCCCNC(=O)c1cc(-c2ccccc2)no1. The van der Waals surface area contributed by atoms with Crippen molar-refractivity contribution in [2.45, 2.75) is 32.8 Å². The molecular formula is C18H23N3O4. The molecular weight excluding hydrogens is 322 g/mol. The van der Waals surface area contributed by atoms with Crippen LogP contribution in [0.1, 0.15) is 37.7 Å². The summed E-state index contributed by atoms with van der Waals surface area (Å²) in [4.78, 5) is 23.5. The van der Waals surface area contributed by atoms with Crippen LogP contribution in [0.2, 0.25) is 0 Å². The number of ether oxygens (including phenoxy) is 1. The van der Waals surface area contributed by atoms with Crippen LogP contribution in [0.3, 0.4) is 0 Å². The number of nitrogens with one attached hydrogen (secondary N) is 2. The number of benzene rings is 1. The largest absolute Gasteiger partial charge is 0.444 e. The molecule has 2 amide bonds. The fraction of sp³-hybridized carbons (Fsp3) is 0.389. The lowest BCUT2D eigenvalue weighted by Gasteiger charge is -2.19. The Morgan fingerprint density at radius 1 is 1.12 bits per heavy atom. The van der Waals surface area contributed by atoms with Crippen molar-refractivity contribution in [1.82, 2.24) is 15.8 Å². The van der Waals surface area contributed by atoms with Crippen LogP contribution in [-0.2, 0) is 4.74 Å². The molecule has 25 heavy (non-hydrogen) atoms. The molecule has 0 aliphatic heterocycles. The molecule has 7 heteroatoms. The fourth-order valence-electron chi connectivity index (χ4n) is 2.01. The van der Waals surface area contributed by atoms with Crippen molar-refractivity contribution < 1.29 is 18.8 Å². The summed E-state index contributed by atoms with van der Waals surface area (Å²) in [5, 5.41) is 9.25. The molecule has 0 fully saturated rings. The summed E-state index contributed by atoms with van der Waals surface area (Å²) < 4.78 is 10.2. The van der Waals surface area contributed by atoms with Gasteiger partial charge in [0.2, 0.25) is 5.76 Å². The minimum absolute atomic E-state index is 0.152. The first kappa shape index (κ1) is 18.5. The van der Waals surface area contributed by atoms with E-state index in [4.69, 9.17) is 9.26 Å². The second-order valence-corrected chi connectivity index (χ2v) is 6.48. The fourth-order valence-corrected chi connectivity index (χ4v) is 2.01. The van der Waals surface area contributed by atoms with Gasteiger partial charge < -0.3 is 19.9 Å². The summed E-state index contributed by atoms with van der Waals surface area (Å²) in [5.74, 6) is -0.189. The van der Waals surface area contributed by atoms with E-state index in [0.29, 0.717) is 25.2 Å². The topological polar surface area (TPSA) is 93.5 Å². The standard InChI is InChI=1S/C18H23N3O4/c1-18(2,3)24-17(23)20-11-7-10-19-16(22)15-12-14(21-25-15)13-8-5-4-6-9-13/h4-6,8-9,12H,7,10-11H2,1-3H3,(H,19,22)(H,20,23). The van der Waals surface area contributed by atoms with Gasteiger partial charge in [-0.3, -0.25) is 4.79 Å². The summed E-state index contributed by atoms with van der Waals surface area (Å²) in [7, 11) is 0.